The van der Waals surface area contributed by atoms with E-state index in [0.29, 0.717) is 0 Å². The summed E-state index contributed by atoms with van der Waals surface area (Å²) in [5.74, 6) is -1.68. The molecule has 14 heavy (non-hydrogen) atoms. The summed E-state index contributed by atoms with van der Waals surface area (Å²) in [5, 5.41) is 20.0. The zero-order chi connectivity index (χ0) is 11.1. The number of carboxylic acid groups (broad SMARTS) is 2. The van der Waals surface area contributed by atoms with E-state index in [9.17, 15) is 9.59 Å². The van der Waals surface area contributed by atoms with Crippen LogP contribution in [0.25, 0.3) is 0 Å². The summed E-state index contributed by atoms with van der Waals surface area (Å²) in [6, 6.07) is -0.610. The van der Waals surface area contributed by atoms with Crippen LogP contribution in [0.3, 0.4) is 0 Å². The normalized spacial score (nSPS) is 12.8. The molecule has 0 saturated heterocycles. The number of carbonyl (C=O) groups is 2. The first-order valence-corrected chi connectivity index (χ1v) is 5.37. The molecule has 1 unspecified atom stereocenters. The van der Waals surface area contributed by atoms with Crippen molar-refractivity contribution in [3.8, 4) is 0 Å². The van der Waals surface area contributed by atoms with Crippen LogP contribution in [0.1, 0.15) is 13.8 Å². The molecule has 3 N–H and O–H groups in total. The molecule has 5 nitrogen and oxygen atoms in total. The number of hydrogen-bond donors (Lipinski definition) is 3. The molecule has 0 heterocycles. The van der Waals surface area contributed by atoms with Crippen molar-refractivity contribution < 1.29 is 19.8 Å². The van der Waals surface area contributed by atoms with Crippen molar-refractivity contribution in [1.82, 2.24) is 5.32 Å². The highest BCUT2D eigenvalue weighted by atomic mass is 32.2. The molecule has 6 heteroatoms. The Morgan fingerprint density at radius 3 is 2.29 bits per heavy atom. The Morgan fingerprint density at radius 2 is 1.93 bits per heavy atom. The number of thioether (sulfide) groups is 1. The van der Waals surface area contributed by atoms with Crippen LogP contribution in [0.4, 0.5) is 0 Å². The van der Waals surface area contributed by atoms with Crippen LogP contribution < -0.4 is 5.32 Å². The van der Waals surface area contributed by atoms with E-state index in [0.717, 1.165) is 11.8 Å². The number of carboxylic acids is 2. The molecule has 0 aromatic heterocycles. The Bertz CT molecular complexity index is 208. The van der Waals surface area contributed by atoms with Gasteiger partial charge >= 0.3 is 11.9 Å². The lowest BCUT2D eigenvalue weighted by Gasteiger charge is -2.16. The van der Waals surface area contributed by atoms with Gasteiger partial charge in [-0.2, -0.15) is 0 Å². The minimum Gasteiger partial charge on any atom is -0.481 e. The van der Waals surface area contributed by atoms with Crippen LogP contribution in [0.2, 0.25) is 0 Å². The van der Waals surface area contributed by atoms with Crippen molar-refractivity contribution in [2.75, 3.05) is 11.5 Å². The average molecular weight is 221 g/mol. The van der Waals surface area contributed by atoms with E-state index >= 15 is 0 Å². The Kier molecular flexibility index (Phi) is 6.31. The first kappa shape index (κ1) is 13.2. The van der Waals surface area contributed by atoms with Gasteiger partial charge in [-0.25, -0.2) is 0 Å². The third-order valence-electron chi connectivity index (χ3n) is 1.34. The molecular formula is C8H15NO4S. The average Bonchev–Trinajstić information content (AvgIpc) is 2.00. The van der Waals surface area contributed by atoms with Gasteiger partial charge in [0.15, 0.2) is 0 Å². The van der Waals surface area contributed by atoms with Crippen molar-refractivity contribution in [2.24, 2.45) is 0 Å². The highest BCUT2D eigenvalue weighted by Crippen LogP contribution is 2.03. The molecule has 1 atom stereocenters. The van der Waals surface area contributed by atoms with Gasteiger partial charge in [0.1, 0.15) is 6.04 Å². The molecule has 0 aromatic carbocycles. The molecule has 0 aliphatic rings. The Balaban J connectivity index is 3.85. The second kappa shape index (κ2) is 6.67. The molecule has 0 aromatic rings. The highest BCUT2D eigenvalue weighted by molar-refractivity contribution is 8.00. The molecule has 0 radical (unpaired) electrons. The predicted molar refractivity (Wildman–Crippen MR) is 54.7 cm³/mol. The van der Waals surface area contributed by atoms with Crippen LogP contribution in [-0.2, 0) is 9.59 Å². The Morgan fingerprint density at radius 1 is 1.36 bits per heavy atom. The summed E-state index contributed by atoms with van der Waals surface area (Å²) in [7, 11) is 0. The molecule has 0 saturated carbocycles. The largest absolute Gasteiger partial charge is 0.481 e. The van der Waals surface area contributed by atoms with E-state index in [1.54, 1.807) is 0 Å². The second-order valence-corrected chi connectivity index (χ2v) is 4.15. The van der Waals surface area contributed by atoms with Crippen LogP contribution in [0, 0.1) is 0 Å². The maximum absolute atomic E-state index is 10.7. The van der Waals surface area contributed by atoms with E-state index in [1.807, 2.05) is 13.8 Å². The van der Waals surface area contributed by atoms with Crippen molar-refractivity contribution in [2.45, 2.75) is 25.9 Å². The van der Waals surface area contributed by atoms with Crippen molar-refractivity contribution >= 4 is 23.7 Å². The molecular weight excluding hydrogens is 206 g/mol. The van der Waals surface area contributed by atoms with Crippen LogP contribution >= 0.6 is 11.8 Å². The molecule has 0 aliphatic heterocycles. The highest BCUT2D eigenvalue weighted by Gasteiger charge is 2.18. The zero-order valence-electron chi connectivity index (χ0n) is 8.19. The zero-order valence-corrected chi connectivity index (χ0v) is 9.00. The summed E-state index contributed by atoms with van der Waals surface area (Å²) in [4.78, 5) is 20.9. The monoisotopic (exact) mass is 221 g/mol. The summed E-state index contributed by atoms with van der Waals surface area (Å²) < 4.78 is 0. The van der Waals surface area contributed by atoms with E-state index in [4.69, 9.17) is 10.2 Å². The molecule has 0 spiro atoms. The van der Waals surface area contributed by atoms with Gasteiger partial charge in [-0.15, -0.1) is 11.8 Å². The van der Waals surface area contributed by atoms with Gasteiger partial charge in [0.25, 0.3) is 0 Å². The Labute approximate surface area is 86.9 Å². The summed E-state index contributed by atoms with van der Waals surface area (Å²) in [6.45, 7) is 3.69. The van der Waals surface area contributed by atoms with Gasteiger partial charge in [0, 0.05) is 11.8 Å². The number of rotatable bonds is 7. The van der Waals surface area contributed by atoms with Gasteiger partial charge in [0.2, 0.25) is 0 Å². The van der Waals surface area contributed by atoms with Crippen LogP contribution in [0.15, 0.2) is 0 Å². The molecule has 0 amide bonds. The van der Waals surface area contributed by atoms with Crippen LogP contribution in [0.5, 0.6) is 0 Å². The molecule has 0 fully saturated rings. The molecule has 0 aliphatic carbocycles. The summed E-state index contributed by atoms with van der Waals surface area (Å²) in [6.07, 6.45) is 0. The molecule has 0 bridgehead atoms. The lowest BCUT2D eigenvalue weighted by molar-refractivity contribution is -0.139. The molecule has 0 rings (SSSR count). The van der Waals surface area contributed by atoms with E-state index in [1.165, 1.54) is 0 Å². The van der Waals surface area contributed by atoms with Gasteiger partial charge < -0.3 is 15.5 Å². The Hall–Kier alpha value is -0.750. The van der Waals surface area contributed by atoms with E-state index < -0.39 is 18.0 Å². The van der Waals surface area contributed by atoms with Crippen molar-refractivity contribution in [1.29, 1.82) is 0 Å². The van der Waals surface area contributed by atoms with Gasteiger partial charge in [-0.1, -0.05) is 13.8 Å². The summed E-state index contributed by atoms with van der Waals surface area (Å²) in [5.41, 5.74) is 0. The molecule has 82 valence electrons. The standard InChI is InChI=1S/C8H15NO4S/c1-5(2)9-6(8(12)13)3-14-4-7(10)11/h5-6,9H,3-4H2,1-2H3,(H,10,11)(H,12,13). The first-order valence-electron chi connectivity index (χ1n) is 4.22. The number of hydrogen-bond acceptors (Lipinski definition) is 4. The minimum atomic E-state index is -0.948. The van der Waals surface area contributed by atoms with Crippen molar-refractivity contribution in [3.63, 3.8) is 0 Å². The third-order valence-corrected chi connectivity index (χ3v) is 2.36. The number of nitrogens with one attached hydrogen (secondary N) is 1. The quantitative estimate of drug-likeness (QED) is 0.571. The smallest absolute Gasteiger partial charge is 0.321 e. The van der Waals surface area contributed by atoms with E-state index in [-0.39, 0.29) is 17.5 Å². The number of aliphatic carboxylic acids is 2. The third kappa shape index (κ3) is 6.73. The van der Waals surface area contributed by atoms with Crippen LogP contribution in [-0.4, -0.2) is 45.7 Å². The van der Waals surface area contributed by atoms with E-state index in [2.05, 4.69) is 5.32 Å². The maximum atomic E-state index is 10.7. The SMILES string of the molecule is CC(C)NC(CSCC(=O)O)C(=O)O. The van der Waals surface area contributed by atoms with Gasteiger partial charge in [-0.3, -0.25) is 9.59 Å². The fourth-order valence-electron chi connectivity index (χ4n) is 0.857. The fourth-order valence-corrected chi connectivity index (χ4v) is 1.62. The minimum absolute atomic E-state index is 0.0659. The lowest BCUT2D eigenvalue weighted by atomic mass is 10.3. The fraction of sp³-hybridized carbons (Fsp3) is 0.750. The lowest BCUT2D eigenvalue weighted by Crippen LogP contribution is -2.42. The topological polar surface area (TPSA) is 86.6 Å². The predicted octanol–water partition coefficient (Wildman–Crippen LogP) is 0.255. The van der Waals surface area contributed by atoms with Crippen molar-refractivity contribution in [3.05, 3.63) is 0 Å². The first-order chi connectivity index (χ1) is 6.43. The maximum Gasteiger partial charge on any atom is 0.321 e. The summed E-state index contributed by atoms with van der Waals surface area (Å²) >= 11 is 1.10. The van der Waals surface area contributed by atoms with Gasteiger partial charge in [0.05, 0.1) is 5.75 Å². The second-order valence-electron chi connectivity index (χ2n) is 3.12. The van der Waals surface area contributed by atoms with Gasteiger partial charge in [-0.05, 0) is 0 Å².